The Morgan fingerprint density at radius 1 is 1.37 bits per heavy atom. The van der Waals surface area contributed by atoms with Crippen LogP contribution >= 0.6 is 15.9 Å². The number of ether oxygens (including phenoxy) is 1. The molecule has 2 N–H and O–H groups in total. The van der Waals surface area contributed by atoms with Crippen LogP contribution in [0.25, 0.3) is 5.65 Å². The maximum absolute atomic E-state index is 5.80. The summed E-state index contributed by atoms with van der Waals surface area (Å²) in [6, 6.07) is 5.82. The van der Waals surface area contributed by atoms with Gasteiger partial charge in [-0.3, -0.25) is 4.40 Å². The van der Waals surface area contributed by atoms with Crippen LogP contribution in [0.1, 0.15) is 5.56 Å². The number of nitrogens with zero attached hydrogens (tertiary/aromatic N) is 3. The number of halogens is 1. The van der Waals surface area contributed by atoms with Crippen LogP contribution in [0.15, 0.2) is 41.3 Å². The number of hydrogen-bond acceptors (Lipinski definition) is 4. The van der Waals surface area contributed by atoms with E-state index in [1.165, 1.54) is 0 Å². The first-order valence-corrected chi connectivity index (χ1v) is 6.46. The molecule has 0 amide bonds. The van der Waals surface area contributed by atoms with E-state index in [0.717, 1.165) is 10.0 Å². The molecular weight excluding hydrogens is 308 g/mol. The van der Waals surface area contributed by atoms with E-state index < -0.39 is 0 Å². The molecule has 0 radical (unpaired) electrons. The number of nitrogen functional groups attached to an aromatic ring is 1. The Hall–Kier alpha value is -2.08. The van der Waals surface area contributed by atoms with E-state index >= 15 is 0 Å². The number of hydrogen-bond donors (Lipinski definition) is 1. The Morgan fingerprint density at radius 3 is 3.00 bits per heavy atom. The number of fused-ring (bicyclic) bond motifs is 1. The molecule has 6 heteroatoms. The molecular formula is C13H11BrN4O. The highest BCUT2D eigenvalue weighted by Gasteiger charge is 2.10. The average molecular weight is 319 g/mol. The predicted octanol–water partition coefficient (Wildman–Crippen LogP) is 3.17. The van der Waals surface area contributed by atoms with Crippen LogP contribution in [0.4, 0.5) is 5.82 Å². The Labute approximate surface area is 118 Å². The SMILES string of the molecule is Cc1ccc(Oc2nc(N)cn3ccnc23)c(Br)c1. The van der Waals surface area contributed by atoms with Crippen LogP contribution in [0.2, 0.25) is 0 Å². The van der Waals surface area contributed by atoms with Crippen molar-refractivity contribution >= 4 is 27.4 Å². The molecule has 0 spiro atoms. The Kier molecular flexibility index (Phi) is 2.87. The van der Waals surface area contributed by atoms with Crippen molar-refractivity contribution < 1.29 is 4.74 Å². The zero-order valence-electron chi connectivity index (χ0n) is 10.2. The second-order valence-corrected chi connectivity index (χ2v) is 5.02. The van der Waals surface area contributed by atoms with Crippen LogP contribution in [-0.4, -0.2) is 14.4 Å². The van der Waals surface area contributed by atoms with Gasteiger partial charge in [-0.25, -0.2) is 4.98 Å². The summed E-state index contributed by atoms with van der Waals surface area (Å²) in [6.45, 7) is 2.01. The lowest BCUT2D eigenvalue weighted by Gasteiger charge is -2.09. The molecule has 19 heavy (non-hydrogen) atoms. The predicted molar refractivity (Wildman–Crippen MR) is 76.4 cm³/mol. The van der Waals surface area contributed by atoms with E-state index in [9.17, 15) is 0 Å². The highest BCUT2D eigenvalue weighted by atomic mass is 79.9. The second kappa shape index (κ2) is 4.55. The van der Waals surface area contributed by atoms with E-state index in [4.69, 9.17) is 10.5 Å². The average Bonchev–Trinajstić information content (AvgIpc) is 2.80. The molecule has 3 aromatic rings. The van der Waals surface area contributed by atoms with Gasteiger partial charge >= 0.3 is 0 Å². The number of benzene rings is 1. The third kappa shape index (κ3) is 2.26. The van der Waals surface area contributed by atoms with Crippen LogP contribution in [0.5, 0.6) is 11.6 Å². The van der Waals surface area contributed by atoms with Crippen LogP contribution < -0.4 is 10.5 Å². The molecule has 2 heterocycles. The molecule has 0 fully saturated rings. The van der Waals surface area contributed by atoms with Crippen molar-refractivity contribution in [3.05, 3.63) is 46.8 Å². The minimum absolute atomic E-state index is 0.378. The number of nitrogens with two attached hydrogens (primary N) is 1. The molecule has 0 aliphatic rings. The fourth-order valence-electron chi connectivity index (χ4n) is 1.78. The maximum Gasteiger partial charge on any atom is 0.265 e. The molecule has 0 unspecified atom stereocenters. The summed E-state index contributed by atoms with van der Waals surface area (Å²) in [5.41, 5.74) is 7.52. The highest BCUT2D eigenvalue weighted by molar-refractivity contribution is 9.10. The lowest BCUT2D eigenvalue weighted by Crippen LogP contribution is -1.99. The second-order valence-electron chi connectivity index (χ2n) is 4.16. The van der Waals surface area contributed by atoms with Gasteiger partial charge in [0, 0.05) is 12.4 Å². The molecule has 0 saturated carbocycles. The van der Waals surface area contributed by atoms with Gasteiger partial charge in [0.05, 0.1) is 10.7 Å². The monoisotopic (exact) mass is 318 g/mol. The van der Waals surface area contributed by atoms with Gasteiger partial charge in [0.2, 0.25) is 5.65 Å². The highest BCUT2D eigenvalue weighted by Crippen LogP contribution is 2.31. The van der Waals surface area contributed by atoms with Crippen LogP contribution in [0, 0.1) is 6.92 Å². The standard InChI is InChI=1S/C13H11BrN4O/c1-8-2-3-10(9(14)6-8)19-13-12-16-4-5-18(12)7-11(15)17-13/h2-7H,15H2,1H3. The fourth-order valence-corrected chi connectivity index (χ4v) is 2.36. The van der Waals surface area contributed by atoms with Crippen molar-refractivity contribution in [2.45, 2.75) is 6.92 Å². The summed E-state index contributed by atoms with van der Waals surface area (Å²) >= 11 is 3.47. The number of anilines is 1. The van der Waals surface area contributed by atoms with Crippen molar-refractivity contribution in [3.63, 3.8) is 0 Å². The lowest BCUT2D eigenvalue weighted by atomic mass is 10.2. The van der Waals surface area contributed by atoms with E-state index in [0.29, 0.717) is 23.1 Å². The summed E-state index contributed by atoms with van der Waals surface area (Å²) in [7, 11) is 0. The van der Waals surface area contributed by atoms with Crippen molar-refractivity contribution in [1.29, 1.82) is 0 Å². The van der Waals surface area contributed by atoms with E-state index in [2.05, 4.69) is 25.9 Å². The van der Waals surface area contributed by atoms with Crippen molar-refractivity contribution in [2.24, 2.45) is 0 Å². The molecule has 96 valence electrons. The van der Waals surface area contributed by atoms with E-state index in [-0.39, 0.29) is 0 Å². The molecule has 0 saturated heterocycles. The van der Waals surface area contributed by atoms with Gasteiger partial charge in [0.1, 0.15) is 11.6 Å². The molecule has 3 rings (SSSR count). The molecule has 0 bridgehead atoms. The number of aromatic nitrogens is 3. The van der Waals surface area contributed by atoms with E-state index in [1.54, 1.807) is 23.0 Å². The Balaban J connectivity index is 2.07. The zero-order valence-corrected chi connectivity index (χ0v) is 11.8. The van der Waals surface area contributed by atoms with Gasteiger partial charge in [-0.2, -0.15) is 4.98 Å². The first-order chi connectivity index (χ1) is 9.13. The summed E-state index contributed by atoms with van der Waals surface area (Å²) < 4.78 is 8.44. The Morgan fingerprint density at radius 2 is 2.21 bits per heavy atom. The third-order valence-electron chi connectivity index (χ3n) is 2.66. The molecule has 0 aliphatic heterocycles. The third-order valence-corrected chi connectivity index (χ3v) is 3.28. The number of rotatable bonds is 2. The van der Waals surface area contributed by atoms with Crippen molar-refractivity contribution in [1.82, 2.24) is 14.4 Å². The number of aryl methyl sites for hydroxylation is 1. The van der Waals surface area contributed by atoms with Crippen molar-refractivity contribution in [2.75, 3.05) is 5.73 Å². The largest absolute Gasteiger partial charge is 0.435 e. The smallest absolute Gasteiger partial charge is 0.265 e. The van der Waals surface area contributed by atoms with Gasteiger partial charge in [0.25, 0.3) is 5.88 Å². The molecule has 0 aliphatic carbocycles. The molecule has 0 atom stereocenters. The molecule has 1 aromatic carbocycles. The number of imidazole rings is 1. The minimum Gasteiger partial charge on any atom is -0.435 e. The van der Waals surface area contributed by atoms with Gasteiger partial charge in [0.15, 0.2) is 0 Å². The van der Waals surface area contributed by atoms with Gasteiger partial charge in [-0.1, -0.05) is 6.07 Å². The summed E-state index contributed by atoms with van der Waals surface area (Å²) in [6.07, 6.45) is 5.16. The topological polar surface area (TPSA) is 65.4 Å². The zero-order chi connectivity index (χ0) is 13.4. The fraction of sp³-hybridized carbons (Fsp3) is 0.0769. The van der Waals surface area contributed by atoms with Crippen molar-refractivity contribution in [3.8, 4) is 11.6 Å². The lowest BCUT2D eigenvalue weighted by molar-refractivity contribution is 0.463. The first kappa shape index (κ1) is 12.0. The maximum atomic E-state index is 5.80. The van der Waals surface area contributed by atoms with Crippen LogP contribution in [0.3, 0.4) is 0 Å². The molecule has 2 aromatic heterocycles. The van der Waals surface area contributed by atoms with Gasteiger partial charge in [-0.15, -0.1) is 0 Å². The van der Waals surface area contributed by atoms with Crippen LogP contribution in [-0.2, 0) is 0 Å². The Bertz CT molecular complexity index is 753. The summed E-state index contributed by atoms with van der Waals surface area (Å²) in [4.78, 5) is 8.39. The quantitative estimate of drug-likeness (QED) is 0.788. The molecule has 5 nitrogen and oxygen atoms in total. The normalized spacial score (nSPS) is 10.8. The first-order valence-electron chi connectivity index (χ1n) is 5.66. The van der Waals surface area contributed by atoms with Gasteiger partial charge < -0.3 is 10.5 Å². The summed E-state index contributed by atoms with van der Waals surface area (Å²) in [5, 5.41) is 0. The minimum atomic E-state index is 0.378. The van der Waals surface area contributed by atoms with Gasteiger partial charge in [-0.05, 0) is 40.5 Å². The van der Waals surface area contributed by atoms with E-state index in [1.807, 2.05) is 25.1 Å². The summed E-state index contributed by atoms with van der Waals surface area (Å²) in [5.74, 6) is 1.44.